The summed E-state index contributed by atoms with van der Waals surface area (Å²) in [7, 11) is 0. The summed E-state index contributed by atoms with van der Waals surface area (Å²) in [6.45, 7) is 9.65. The van der Waals surface area contributed by atoms with Crippen molar-refractivity contribution in [3.8, 4) is 0 Å². The monoisotopic (exact) mass is 266 g/mol. The number of rotatable bonds is 4. The average molecular weight is 266 g/mol. The van der Waals surface area contributed by atoms with E-state index < -0.39 is 0 Å². The fourth-order valence-corrected chi connectivity index (χ4v) is 3.16. The lowest BCUT2D eigenvalue weighted by Gasteiger charge is -2.30. The van der Waals surface area contributed by atoms with Crippen molar-refractivity contribution in [2.75, 3.05) is 6.54 Å². The molecular formula is C16H30N2O. The van der Waals surface area contributed by atoms with Crippen LogP contribution in [0.25, 0.3) is 0 Å². The fourth-order valence-electron chi connectivity index (χ4n) is 3.16. The van der Waals surface area contributed by atoms with E-state index >= 15 is 0 Å². The second-order valence-electron chi connectivity index (χ2n) is 7.47. The molecule has 1 amide bonds. The largest absolute Gasteiger partial charge is 0.354 e. The van der Waals surface area contributed by atoms with Crippen molar-refractivity contribution in [3.05, 3.63) is 0 Å². The van der Waals surface area contributed by atoms with Gasteiger partial charge in [0.2, 0.25) is 5.91 Å². The van der Waals surface area contributed by atoms with E-state index in [1.165, 1.54) is 25.7 Å². The zero-order chi connectivity index (χ0) is 14.0. The Morgan fingerprint density at radius 1 is 1.32 bits per heavy atom. The lowest BCUT2D eigenvalue weighted by atomic mass is 9.81. The van der Waals surface area contributed by atoms with Gasteiger partial charge in [0.25, 0.3) is 0 Å². The Morgan fingerprint density at radius 3 is 2.63 bits per heavy atom. The van der Waals surface area contributed by atoms with Gasteiger partial charge < -0.3 is 10.6 Å². The molecule has 3 atom stereocenters. The number of amides is 1. The number of hydrogen-bond donors (Lipinski definition) is 2. The quantitative estimate of drug-likeness (QED) is 0.821. The summed E-state index contributed by atoms with van der Waals surface area (Å²) in [6.07, 6.45) is 6.27. The molecule has 0 aromatic rings. The van der Waals surface area contributed by atoms with Crippen LogP contribution in [0.2, 0.25) is 0 Å². The molecule has 0 aromatic heterocycles. The molecular weight excluding hydrogens is 236 g/mol. The van der Waals surface area contributed by atoms with Gasteiger partial charge in [0.1, 0.15) is 0 Å². The first-order valence-corrected chi connectivity index (χ1v) is 7.94. The Balaban J connectivity index is 1.81. The van der Waals surface area contributed by atoms with Gasteiger partial charge in [-0.25, -0.2) is 0 Å². The standard InChI is InChI=1S/C16H30N2O/c1-11(2)16(3,4)10-17-15(19)14-9-12-7-5-6-8-13(12)18-14/h11-14,18H,5-10H2,1-4H3,(H,17,19). The van der Waals surface area contributed by atoms with E-state index in [1.807, 2.05) is 0 Å². The molecule has 3 nitrogen and oxygen atoms in total. The normalized spacial score (nSPS) is 31.3. The van der Waals surface area contributed by atoms with E-state index in [4.69, 9.17) is 0 Å². The highest BCUT2D eigenvalue weighted by molar-refractivity contribution is 5.82. The topological polar surface area (TPSA) is 41.1 Å². The molecule has 1 aliphatic heterocycles. The molecule has 110 valence electrons. The highest BCUT2D eigenvalue weighted by atomic mass is 16.2. The minimum atomic E-state index is 0.0519. The SMILES string of the molecule is CC(C)C(C)(C)CNC(=O)C1CC2CCCCC2N1. The number of carbonyl (C=O) groups excluding carboxylic acids is 1. The third kappa shape index (κ3) is 3.50. The summed E-state index contributed by atoms with van der Waals surface area (Å²) in [6, 6.07) is 0.652. The molecule has 2 aliphatic rings. The Hall–Kier alpha value is -0.570. The number of carbonyl (C=O) groups is 1. The molecule has 2 rings (SSSR count). The molecule has 0 spiro atoms. The number of hydrogen-bond acceptors (Lipinski definition) is 2. The first-order chi connectivity index (χ1) is 8.90. The van der Waals surface area contributed by atoms with Crippen LogP contribution in [0.1, 0.15) is 59.8 Å². The van der Waals surface area contributed by atoms with Crippen LogP contribution in [0.4, 0.5) is 0 Å². The molecule has 3 unspecified atom stereocenters. The van der Waals surface area contributed by atoms with E-state index in [1.54, 1.807) is 0 Å². The van der Waals surface area contributed by atoms with Crippen molar-refractivity contribution in [1.82, 2.24) is 10.6 Å². The maximum atomic E-state index is 12.3. The van der Waals surface area contributed by atoms with Crippen LogP contribution in [0.15, 0.2) is 0 Å². The van der Waals surface area contributed by atoms with Gasteiger partial charge in [0, 0.05) is 12.6 Å². The van der Waals surface area contributed by atoms with Crippen molar-refractivity contribution in [3.63, 3.8) is 0 Å². The van der Waals surface area contributed by atoms with E-state index in [2.05, 4.69) is 38.3 Å². The van der Waals surface area contributed by atoms with Crippen LogP contribution in [-0.4, -0.2) is 24.5 Å². The Bertz CT molecular complexity index is 311. The van der Waals surface area contributed by atoms with Crippen molar-refractivity contribution >= 4 is 5.91 Å². The van der Waals surface area contributed by atoms with Crippen LogP contribution in [0.3, 0.4) is 0 Å². The number of nitrogens with one attached hydrogen (secondary N) is 2. The molecule has 1 saturated carbocycles. The molecule has 1 heterocycles. The Morgan fingerprint density at radius 2 is 2.00 bits per heavy atom. The highest BCUT2D eigenvalue weighted by Gasteiger charge is 2.38. The van der Waals surface area contributed by atoms with Gasteiger partial charge in [0.15, 0.2) is 0 Å². The van der Waals surface area contributed by atoms with E-state index in [0.29, 0.717) is 12.0 Å². The maximum absolute atomic E-state index is 12.3. The smallest absolute Gasteiger partial charge is 0.237 e. The first kappa shape index (κ1) is 14.8. The summed E-state index contributed by atoms with van der Waals surface area (Å²) in [5.41, 5.74) is 0.168. The van der Waals surface area contributed by atoms with Gasteiger partial charge in [0.05, 0.1) is 6.04 Å². The molecule has 1 saturated heterocycles. The van der Waals surface area contributed by atoms with Crippen LogP contribution in [-0.2, 0) is 4.79 Å². The van der Waals surface area contributed by atoms with Gasteiger partial charge >= 0.3 is 0 Å². The van der Waals surface area contributed by atoms with E-state index in [9.17, 15) is 4.79 Å². The summed E-state index contributed by atoms with van der Waals surface area (Å²) >= 11 is 0. The highest BCUT2D eigenvalue weighted by Crippen LogP contribution is 2.33. The molecule has 2 N–H and O–H groups in total. The van der Waals surface area contributed by atoms with Gasteiger partial charge in [-0.15, -0.1) is 0 Å². The summed E-state index contributed by atoms with van der Waals surface area (Å²) < 4.78 is 0. The summed E-state index contributed by atoms with van der Waals surface area (Å²) in [5.74, 6) is 1.53. The lowest BCUT2D eigenvalue weighted by Crippen LogP contribution is -2.46. The fraction of sp³-hybridized carbons (Fsp3) is 0.938. The van der Waals surface area contributed by atoms with Crippen molar-refractivity contribution in [1.29, 1.82) is 0 Å². The molecule has 1 aliphatic carbocycles. The minimum absolute atomic E-state index is 0.0519. The minimum Gasteiger partial charge on any atom is -0.354 e. The van der Waals surface area contributed by atoms with Gasteiger partial charge in [-0.1, -0.05) is 40.5 Å². The summed E-state index contributed by atoms with van der Waals surface area (Å²) in [5, 5.41) is 6.70. The molecule has 0 radical (unpaired) electrons. The van der Waals surface area contributed by atoms with Crippen LogP contribution >= 0.6 is 0 Å². The molecule has 0 aromatic carbocycles. The first-order valence-electron chi connectivity index (χ1n) is 7.94. The second-order valence-corrected chi connectivity index (χ2v) is 7.47. The Kier molecular flexibility index (Phi) is 4.54. The van der Waals surface area contributed by atoms with Gasteiger partial charge in [-0.3, -0.25) is 4.79 Å². The van der Waals surface area contributed by atoms with Crippen LogP contribution in [0.5, 0.6) is 0 Å². The molecule has 3 heteroatoms. The van der Waals surface area contributed by atoms with Crippen molar-refractivity contribution in [2.45, 2.75) is 71.9 Å². The molecule has 19 heavy (non-hydrogen) atoms. The van der Waals surface area contributed by atoms with Crippen molar-refractivity contribution < 1.29 is 4.79 Å². The predicted octanol–water partition coefficient (Wildman–Crippen LogP) is 2.71. The maximum Gasteiger partial charge on any atom is 0.237 e. The van der Waals surface area contributed by atoms with Crippen LogP contribution in [0, 0.1) is 17.3 Å². The predicted molar refractivity (Wildman–Crippen MR) is 78.9 cm³/mol. The third-order valence-electron chi connectivity index (χ3n) is 5.46. The second kappa shape index (κ2) is 5.82. The van der Waals surface area contributed by atoms with Gasteiger partial charge in [-0.2, -0.15) is 0 Å². The third-order valence-corrected chi connectivity index (χ3v) is 5.46. The average Bonchev–Trinajstić information content (AvgIpc) is 2.79. The van der Waals surface area contributed by atoms with Crippen molar-refractivity contribution in [2.24, 2.45) is 17.3 Å². The molecule has 0 bridgehead atoms. The van der Waals surface area contributed by atoms with E-state index in [0.717, 1.165) is 18.9 Å². The van der Waals surface area contributed by atoms with Gasteiger partial charge in [-0.05, 0) is 36.5 Å². The molecule has 2 fully saturated rings. The Labute approximate surface area is 117 Å². The van der Waals surface area contributed by atoms with E-state index in [-0.39, 0.29) is 17.4 Å². The zero-order valence-corrected chi connectivity index (χ0v) is 13.0. The lowest BCUT2D eigenvalue weighted by molar-refractivity contribution is -0.123. The summed E-state index contributed by atoms with van der Waals surface area (Å²) in [4.78, 5) is 12.3. The zero-order valence-electron chi connectivity index (χ0n) is 13.0. The van der Waals surface area contributed by atoms with Crippen LogP contribution < -0.4 is 10.6 Å². The number of fused-ring (bicyclic) bond motifs is 1.